The summed E-state index contributed by atoms with van der Waals surface area (Å²) in [6, 6.07) is 10.2. The summed E-state index contributed by atoms with van der Waals surface area (Å²) in [7, 11) is -4.51. The Balaban J connectivity index is 1.92. The van der Waals surface area contributed by atoms with Crippen LogP contribution in [-0.4, -0.2) is 24.6 Å². The summed E-state index contributed by atoms with van der Waals surface area (Å²) in [5.41, 5.74) is -1.33. The predicted molar refractivity (Wildman–Crippen MR) is 110 cm³/mol. The number of benzene rings is 2. The van der Waals surface area contributed by atoms with E-state index in [0.717, 1.165) is 17.5 Å². The highest BCUT2D eigenvalue weighted by Gasteiger charge is 2.36. The van der Waals surface area contributed by atoms with Crippen LogP contribution in [0.25, 0.3) is 10.9 Å². The monoisotopic (exact) mass is 454 g/mol. The van der Waals surface area contributed by atoms with Crippen LogP contribution in [0.2, 0.25) is 0 Å². The topological polar surface area (TPSA) is 77.4 Å². The van der Waals surface area contributed by atoms with Gasteiger partial charge in [0, 0.05) is 6.20 Å². The standard InChI is InChI=1S/C21H21F3N2O4S/c1-20(2,3)30-19(27)13-26-11-10-14-8-9-15(12-17(14)26)25-31(28,29)18-7-5-4-6-16(18)21(22,23)24/h4-12,25H,13H2,1-3H3. The van der Waals surface area contributed by atoms with Gasteiger partial charge in [-0.05, 0) is 56.5 Å². The molecule has 0 aliphatic rings. The number of nitrogens with one attached hydrogen (secondary N) is 1. The lowest BCUT2D eigenvalue weighted by molar-refractivity contribution is -0.155. The molecule has 1 aromatic heterocycles. The Bertz CT molecular complexity index is 1230. The van der Waals surface area contributed by atoms with Gasteiger partial charge in [-0.3, -0.25) is 9.52 Å². The zero-order valence-corrected chi connectivity index (χ0v) is 17.8. The lowest BCUT2D eigenvalue weighted by atomic mass is 10.2. The van der Waals surface area contributed by atoms with Crippen molar-refractivity contribution in [1.82, 2.24) is 4.57 Å². The second-order valence-corrected chi connectivity index (χ2v) is 9.55. The van der Waals surface area contributed by atoms with Crippen LogP contribution in [0.5, 0.6) is 0 Å². The fourth-order valence-electron chi connectivity index (χ4n) is 3.04. The van der Waals surface area contributed by atoms with E-state index in [1.807, 2.05) is 0 Å². The second-order valence-electron chi connectivity index (χ2n) is 7.90. The molecule has 3 rings (SSSR count). The van der Waals surface area contributed by atoms with Crippen LogP contribution in [0.3, 0.4) is 0 Å². The lowest BCUT2D eigenvalue weighted by Crippen LogP contribution is -2.26. The molecule has 0 atom stereocenters. The molecular weight excluding hydrogens is 433 g/mol. The Hall–Kier alpha value is -3.01. The van der Waals surface area contributed by atoms with Gasteiger partial charge in [0.15, 0.2) is 0 Å². The predicted octanol–water partition coefficient (Wildman–Crippen LogP) is 4.80. The molecule has 0 saturated heterocycles. The third-order valence-electron chi connectivity index (χ3n) is 4.23. The van der Waals surface area contributed by atoms with Gasteiger partial charge in [-0.1, -0.05) is 18.2 Å². The molecule has 31 heavy (non-hydrogen) atoms. The van der Waals surface area contributed by atoms with Crippen molar-refractivity contribution in [2.45, 2.75) is 44.0 Å². The number of hydrogen-bond acceptors (Lipinski definition) is 4. The van der Waals surface area contributed by atoms with Crippen LogP contribution < -0.4 is 4.72 Å². The summed E-state index contributed by atoms with van der Waals surface area (Å²) in [4.78, 5) is 11.3. The van der Waals surface area contributed by atoms with Gasteiger partial charge in [-0.15, -0.1) is 0 Å². The lowest BCUT2D eigenvalue weighted by Gasteiger charge is -2.20. The first-order valence-corrected chi connectivity index (χ1v) is 10.7. The number of carbonyl (C=O) groups excluding carboxylic acids is 1. The van der Waals surface area contributed by atoms with E-state index in [0.29, 0.717) is 11.6 Å². The van der Waals surface area contributed by atoms with E-state index < -0.39 is 38.2 Å². The van der Waals surface area contributed by atoms with Crippen molar-refractivity contribution in [1.29, 1.82) is 0 Å². The first kappa shape index (κ1) is 22.7. The number of hydrogen-bond donors (Lipinski definition) is 1. The highest BCUT2D eigenvalue weighted by molar-refractivity contribution is 7.92. The SMILES string of the molecule is CC(C)(C)OC(=O)Cn1ccc2ccc(NS(=O)(=O)c3ccccc3C(F)(F)F)cc21. The molecule has 0 bridgehead atoms. The number of fused-ring (bicyclic) bond motifs is 1. The molecule has 0 amide bonds. The maximum Gasteiger partial charge on any atom is 0.417 e. The molecule has 0 spiro atoms. The Labute approximate surface area is 177 Å². The van der Waals surface area contributed by atoms with Crippen LogP contribution in [0, 0.1) is 0 Å². The number of carbonyl (C=O) groups is 1. The summed E-state index contributed by atoms with van der Waals surface area (Å²) in [6.07, 6.45) is -3.18. The zero-order valence-electron chi connectivity index (χ0n) is 17.0. The van der Waals surface area contributed by atoms with Crippen molar-refractivity contribution in [3.05, 3.63) is 60.3 Å². The van der Waals surface area contributed by atoms with Crippen molar-refractivity contribution in [2.24, 2.45) is 0 Å². The van der Waals surface area contributed by atoms with Crippen molar-refractivity contribution in [3.8, 4) is 0 Å². The summed E-state index contributed by atoms with van der Waals surface area (Å²) in [5, 5.41) is 0.724. The Kier molecular flexibility index (Phi) is 5.79. The van der Waals surface area contributed by atoms with Crippen LogP contribution in [-0.2, 0) is 32.3 Å². The molecule has 0 fully saturated rings. The summed E-state index contributed by atoms with van der Waals surface area (Å²) in [6.45, 7) is 5.12. The molecular formula is C21H21F3N2O4S. The molecule has 2 aromatic carbocycles. The largest absolute Gasteiger partial charge is 0.459 e. The summed E-state index contributed by atoms with van der Waals surface area (Å²) >= 11 is 0. The number of alkyl halides is 3. The summed E-state index contributed by atoms with van der Waals surface area (Å²) in [5.74, 6) is -0.477. The Morgan fingerprint density at radius 3 is 2.39 bits per heavy atom. The number of ether oxygens (including phenoxy) is 1. The van der Waals surface area contributed by atoms with Crippen LogP contribution in [0.1, 0.15) is 26.3 Å². The number of halogens is 3. The molecule has 0 aliphatic carbocycles. The van der Waals surface area contributed by atoms with Gasteiger partial charge in [0.05, 0.1) is 21.7 Å². The van der Waals surface area contributed by atoms with Gasteiger partial charge < -0.3 is 9.30 Å². The molecule has 6 nitrogen and oxygen atoms in total. The van der Waals surface area contributed by atoms with E-state index >= 15 is 0 Å². The number of anilines is 1. The fraction of sp³-hybridized carbons (Fsp3) is 0.286. The highest BCUT2D eigenvalue weighted by Crippen LogP contribution is 2.34. The molecule has 0 unspecified atom stereocenters. The molecule has 166 valence electrons. The van der Waals surface area contributed by atoms with Crippen LogP contribution in [0.4, 0.5) is 18.9 Å². The van der Waals surface area contributed by atoms with Crippen LogP contribution >= 0.6 is 0 Å². The van der Waals surface area contributed by atoms with Gasteiger partial charge in [-0.25, -0.2) is 8.42 Å². The Morgan fingerprint density at radius 2 is 1.74 bits per heavy atom. The number of sulfonamides is 1. The smallest absolute Gasteiger partial charge is 0.417 e. The number of rotatable bonds is 5. The molecule has 1 heterocycles. The second kappa shape index (κ2) is 7.92. The minimum Gasteiger partial charge on any atom is -0.459 e. The Morgan fingerprint density at radius 1 is 1.06 bits per heavy atom. The van der Waals surface area contributed by atoms with E-state index in [9.17, 15) is 26.4 Å². The van der Waals surface area contributed by atoms with E-state index in [1.165, 1.54) is 18.2 Å². The van der Waals surface area contributed by atoms with Gasteiger partial charge in [-0.2, -0.15) is 13.2 Å². The fourth-order valence-corrected chi connectivity index (χ4v) is 4.32. The average Bonchev–Trinajstić information content (AvgIpc) is 3.01. The van der Waals surface area contributed by atoms with Crippen molar-refractivity contribution < 1.29 is 31.1 Å². The quantitative estimate of drug-likeness (QED) is 0.562. The van der Waals surface area contributed by atoms with Gasteiger partial charge >= 0.3 is 12.1 Å². The molecule has 10 heteroatoms. The minimum atomic E-state index is -4.82. The maximum atomic E-state index is 13.2. The summed E-state index contributed by atoms with van der Waals surface area (Å²) < 4.78 is 74.1. The van der Waals surface area contributed by atoms with E-state index in [-0.39, 0.29) is 12.2 Å². The third kappa shape index (κ3) is 5.38. The normalized spacial score (nSPS) is 12.7. The van der Waals surface area contributed by atoms with E-state index in [2.05, 4.69) is 4.72 Å². The van der Waals surface area contributed by atoms with Gasteiger partial charge in [0.2, 0.25) is 0 Å². The first-order chi connectivity index (χ1) is 14.3. The maximum absolute atomic E-state index is 13.2. The number of aromatic nitrogens is 1. The molecule has 1 N–H and O–H groups in total. The number of esters is 1. The average molecular weight is 454 g/mol. The highest BCUT2D eigenvalue weighted by atomic mass is 32.2. The zero-order chi connectivity index (χ0) is 23.0. The number of nitrogens with zero attached hydrogens (tertiary/aromatic N) is 1. The molecule has 0 aliphatic heterocycles. The van der Waals surface area contributed by atoms with Crippen LogP contribution in [0.15, 0.2) is 59.6 Å². The van der Waals surface area contributed by atoms with Crippen molar-refractivity contribution in [3.63, 3.8) is 0 Å². The van der Waals surface area contributed by atoms with E-state index in [4.69, 9.17) is 4.74 Å². The first-order valence-electron chi connectivity index (χ1n) is 9.26. The molecule has 0 radical (unpaired) electrons. The molecule has 0 saturated carbocycles. The van der Waals surface area contributed by atoms with E-state index in [1.54, 1.807) is 43.7 Å². The van der Waals surface area contributed by atoms with Gasteiger partial charge in [0.25, 0.3) is 10.0 Å². The van der Waals surface area contributed by atoms with Crippen molar-refractivity contribution >= 4 is 32.6 Å². The van der Waals surface area contributed by atoms with Crippen molar-refractivity contribution in [2.75, 3.05) is 4.72 Å². The molecule has 3 aromatic rings. The minimum absolute atomic E-state index is 0.0635. The third-order valence-corrected chi connectivity index (χ3v) is 5.67. The van der Waals surface area contributed by atoms with Gasteiger partial charge in [0.1, 0.15) is 12.1 Å².